The Bertz CT molecular complexity index is 940. The van der Waals surface area contributed by atoms with E-state index in [0.29, 0.717) is 18.9 Å². The van der Waals surface area contributed by atoms with Crippen molar-refractivity contribution in [1.29, 1.82) is 0 Å². The molecule has 0 saturated heterocycles. The average Bonchev–Trinajstić information content (AvgIpc) is 3.15. The topological polar surface area (TPSA) is 63.2 Å². The molecule has 1 amide bonds. The summed E-state index contributed by atoms with van der Waals surface area (Å²) in [6.45, 7) is 0. The van der Waals surface area contributed by atoms with Crippen molar-refractivity contribution in [2.24, 2.45) is 0 Å². The Morgan fingerprint density at radius 3 is 2.15 bits per heavy atom. The number of benzene rings is 2. The molecule has 1 N–H and O–H groups in total. The van der Waals surface area contributed by atoms with Gasteiger partial charge in [-0.1, -0.05) is 31.0 Å². The summed E-state index contributed by atoms with van der Waals surface area (Å²) >= 11 is 0. The van der Waals surface area contributed by atoms with Crippen LogP contribution in [0, 0.1) is 17.5 Å². The van der Waals surface area contributed by atoms with E-state index in [1.54, 1.807) is 18.2 Å². The first-order chi connectivity index (χ1) is 12.3. The molecule has 0 spiro atoms. The molecule has 0 aliphatic heterocycles. The second kappa shape index (κ2) is 6.75. The summed E-state index contributed by atoms with van der Waals surface area (Å²) in [5, 5.41) is 2.14. The number of amides is 1. The summed E-state index contributed by atoms with van der Waals surface area (Å²) < 4.78 is 64.8. The molecule has 2 aromatic rings. The summed E-state index contributed by atoms with van der Waals surface area (Å²) in [5.41, 5.74) is -0.594. The van der Waals surface area contributed by atoms with Crippen LogP contribution in [0.5, 0.6) is 0 Å². The van der Waals surface area contributed by atoms with Gasteiger partial charge in [0.2, 0.25) is 5.91 Å². The molecule has 1 fully saturated rings. The van der Waals surface area contributed by atoms with Gasteiger partial charge in [-0.3, -0.25) is 4.79 Å². The molecule has 1 aliphatic rings. The van der Waals surface area contributed by atoms with Crippen LogP contribution in [0.1, 0.15) is 25.7 Å². The lowest BCUT2D eigenvalue weighted by Gasteiger charge is -2.27. The van der Waals surface area contributed by atoms with Crippen molar-refractivity contribution in [3.8, 4) is 0 Å². The summed E-state index contributed by atoms with van der Waals surface area (Å²) in [6, 6.07) is 9.05. The fraction of sp³-hybridized carbons (Fsp3) is 0.278. The fourth-order valence-electron chi connectivity index (χ4n) is 3.25. The lowest BCUT2D eigenvalue weighted by Crippen LogP contribution is -2.47. The van der Waals surface area contributed by atoms with Crippen molar-refractivity contribution < 1.29 is 26.4 Å². The van der Waals surface area contributed by atoms with Crippen molar-refractivity contribution in [3.63, 3.8) is 0 Å². The lowest BCUT2D eigenvalue weighted by atomic mass is 10.1. The molecule has 1 aliphatic carbocycles. The molecule has 0 atom stereocenters. The molecule has 0 aromatic heterocycles. The van der Waals surface area contributed by atoms with Gasteiger partial charge in [0.15, 0.2) is 32.0 Å². The third-order valence-electron chi connectivity index (χ3n) is 4.68. The Balaban J connectivity index is 2.01. The zero-order valence-corrected chi connectivity index (χ0v) is 14.5. The van der Waals surface area contributed by atoms with E-state index in [-0.39, 0.29) is 17.7 Å². The number of hydrogen-bond acceptors (Lipinski definition) is 3. The number of sulfone groups is 1. The van der Waals surface area contributed by atoms with Gasteiger partial charge in [0.1, 0.15) is 0 Å². The van der Waals surface area contributed by atoms with E-state index in [1.165, 1.54) is 12.1 Å². The van der Waals surface area contributed by atoms with Crippen LogP contribution in [-0.4, -0.2) is 19.1 Å². The number of carbonyl (C=O) groups excluding carboxylic acids is 1. The SMILES string of the molecule is O=C(Nc1ccc(F)c(F)c1F)C1(S(=O)(=O)c2ccccc2)CCCC1. The molecule has 8 heteroatoms. The zero-order chi connectivity index (χ0) is 18.9. The largest absolute Gasteiger partial charge is 0.322 e. The van der Waals surface area contributed by atoms with Crippen molar-refractivity contribution >= 4 is 21.4 Å². The predicted octanol–water partition coefficient (Wildman–Crippen LogP) is 3.83. The number of nitrogens with one attached hydrogen (secondary N) is 1. The van der Waals surface area contributed by atoms with Crippen LogP contribution in [0.4, 0.5) is 18.9 Å². The van der Waals surface area contributed by atoms with Crippen molar-refractivity contribution in [1.82, 2.24) is 0 Å². The molecular weight excluding hydrogens is 367 g/mol. The van der Waals surface area contributed by atoms with E-state index in [0.717, 1.165) is 6.07 Å². The summed E-state index contributed by atoms with van der Waals surface area (Å²) in [6.07, 6.45) is 1.17. The van der Waals surface area contributed by atoms with Gasteiger partial charge in [0.05, 0.1) is 10.6 Å². The van der Waals surface area contributed by atoms with E-state index in [1.807, 2.05) is 0 Å². The minimum Gasteiger partial charge on any atom is -0.322 e. The molecule has 0 bridgehead atoms. The standard InChI is InChI=1S/C18H16F3NO3S/c19-13-8-9-14(16(21)15(13)20)22-17(23)18(10-4-5-11-18)26(24,25)12-6-2-1-3-7-12/h1-3,6-9H,4-5,10-11H2,(H,22,23). The van der Waals surface area contributed by atoms with Crippen LogP contribution >= 0.6 is 0 Å². The van der Waals surface area contributed by atoms with Gasteiger partial charge in [0.25, 0.3) is 0 Å². The van der Waals surface area contributed by atoms with Crippen molar-refractivity contribution in [2.75, 3.05) is 5.32 Å². The smallest absolute Gasteiger partial charge is 0.246 e. The third kappa shape index (κ3) is 2.88. The summed E-state index contributed by atoms with van der Waals surface area (Å²) in [5.74, 6) is -5.63. The molecule has 0 heterocycles. The molecule has 0 unspecified atom stereocenters. The average molecular weight is 383 g/mol. The second-order valence-electron chi connectivity index (χ2n) is 6.19. The zero-order valence-electron chi connectivity index (χ0n) is 13.6. The lowest BCUT2D eigenvalue weighted by molar-refractivity contribution is -0.118. The number of halogens is 3. The first-order valence-corrected chi connectivity index (χ1v) is 9.52. The molecule has 4 nitrogen and oxygen atoms in total. The van der Waals surface area contributed by atoms with Crippen LogP contribution in [-0.2, 0) is 14.6 Å². The molecule has 2 aromatic carbocycles. The Labute approximate surface area is 149 Å². The Morgan fingerprint density at radius 1 is 0.923 bits per heavy atom. The Hall–Kier alpha value is -2.35. The summed E-state index contributed by atoms with van der Waals surface area (Å²) in [7, 11) is -4.05. The number of hydrogen-bond donors (Lipinski definition) is 1. The predicted molar refractivity (Wildman–Crippen MR) is 89.8 cm³/mol. The minimum absolute atomic E-state index is 0.0113. The highest BCUT2D eigenvalue weighted by Crippen LogP contribution is 2.41. The van der Waals surface area contributed by atoms with Crippen LogP contribution in [0.2, 0.25) is 0 Å². The van der Waals surface area contributed by atoms with E-state index in [2.05, 4.69) is 5.32 Å². The maximum absolute atomic E-state index is 13.9. The Kier molecular flexibility index (Phi) is 4.79. The molecule has 0 radical (unpaired) electrons. The number of rotatable bonds is 4. The van der Waals surface area contributed by atoms with Gasteiger partial charge < -0.3 is 5.32 Å². The van der Waals surface area contributed by atoms with Crippen LogP contribution in [0.15, 0.2) is 47.4 Å². The van der Waals surface area contributed by atoms with E-state index < -0.39 is 43.6 Å². The van der Waals surface area contributed by atoms with E-state index >= 15 is 0 Å². The van der Waals surface area contributed by atoms with Gasteiger partial charge in [0, 0.05) is 0 Å². The highest BCUT2D eigenvalue weighted by Gasteiger charge is 2.53. The number of carbonyl (C=O) groups is 1. The minimum atomic E-state index is -4.05. The van der Waals surface area contributed by atoms with E-state index in [4.69, 9.17) is 0 Å². The maximum atomic E-state index is 13.9. The van der Waals surface area contributed by atoms with Crippen molar-refractivity contribution in [2.45, 2.75) is 35.3 Å². The highest BCUT2D eigenvalue weighted by atomic mass is 32.2. The highest BCUT2D eigenvalue weighted by molar-refractivity contribution is 7.93. The van der Waals surface area contributed by atoms with E-state index in [9.17, 15) is 26.4 Å². The molecule has 3 rings (SSSR count). The van der Waals surface area contributed by atoms with Crippen LogP contribution in [0.3, 0.4) is 0 Å². The van der Waals surface area contributed by atoms with Crippen LogP contribution < -0.4 is 5.32 Å². The van der Waals surface area contributed by atoms with Gasteiger partial charge in [-0.15, -0.1) is 0 Å². The van der Waals surface area contributed by atoms with Crippen molar-refractivity contribution in [3.05, 3.63) is 59.9 Å². The molecule has 138 valence electrons. The number of anilines is 1. The third-order valence-corrected chi connectivity index (χ3v) is 7.19. The normalized spacial score (nSPS) is 16.4. The first-order valence-electron chi connectivity index (χ1n) is 8.04. The van der Waals surface area contributed by atoms with Gasteiger partial charge in [-0.25, -0.2) is 21.6 Å². The van der Waals surface area contributed by atoms with Crippen LogP contribution in [0.25, 0.3) is 0 Å². The van der Waals surface area contributed by atoms with Gasteiger partial charge in [-0.2, -0.15) is 0 Å². The molecular formula is C18H16F3NO3S. The maximum Gasteiger partial charge on any atom is 0.246 e. The summed E-state index contributed by atoms with van der Waals surface area (Å²) in [4.78, 5) is 12.8. The fourth-order valence-corrected chi connectivity index (χ4v) is 5.34. The first kappa shape index (κ1) is 18.4. The monoisotopic (exact) mass is 383 g/mol. The quantitative estimate of drug-likeness (QED) is 0.817. The second-order valence-corrected chi connectivity index (χ2v) is 8.45. The molecule has 1 saturated carbocycles. The van der Waals surface area contributed by atoms with Gasteiger partial charge in [-0.05, 0) is 37.1 Å². The van der Waals surface area contributed by atoms with Gasteiger partial charge >= 0.3 is 0 Å². The Morgan fingerprint density at radius 2 is 1.54 bits per heavy atom. The molecule has 26 heavy (non-hydrogen) atoms.